The highest BCUT2D eigenvalue weighted by atomic mass is 35.5. The first-order valence-corrected chi connectivity index (χ1v) is 4.76. The quantitative estimate of drug-likeness (QED) is 0.730. The molecule has 2 aromatic heterocycles. The highest BCUT2D eigenvalue weighted by Crippen LogP contribution is 2.13. The maximum Gasteiger partial charge on any atom is 0.251 e. The predicted octanol–water partition coefficient (Wildman–Crippen LogP) is 2.14. The summed E-state index contributed by atoms with van der Waals surface area (Å²) in [6, 6.07) is 3.50. The average Bonchev–Trinajstić information content (AvgIpc) is 2.16. The van der Waals surface area contributed by atoms with Gasteiger partial charge in [-0.05, 0) is 18.6 Å². The fourth-order valence-corrected chi connectivity index (χ4v) is 1.54. The van der Waals surface area contributed by atoms with Crippen LogP contribution in [0.3, 0.4) is 0 Å². The molecule has 0 amide bonds. The van der Waals surface area contributed by atoms with Crippen molar-refractivity contribution in [1.82, 2.24) is 9.97 Å². The van der Waals surface area contributed by atoms with Gasteiger partial charge in [0, 0.05) is 17.1 Å². The van der Waals surface area contributed by atoms with E-state index in [0.29, 0.717) is 11.6 Å². The Hall–Kier alpha value is -1.35. The Morgan fingerprint density at radius 1 is 1.50 bits per heavy atom. The van der Waals surface area contributed by atoms with E-state index < -0.39 is 0 Å². The van der Waals surface area contributed by atoms with Crippen molar-refractivity contribution in [2.75, 3.05) is 0 Å². The third-order valence-corrected chi connectivity index (χ3v) is 2.36. The number of aryl methyl sites for hydroxylation is 1. The van der Waals surface area contributed by atoms with Crippen molar-refractivity contribution in [2.24, 2.45) is 0 Å². The summed E-state index contributed by atoms with van der Waals surface area (Å²) >= 11 is 5.71. The number of halogens is 1. The van der Waals surface area contributed by atoms with Crippen molar-refractivity contribution >= 4 is 22.5 Å². The van der Waals surface area contributed by atoms with Crippen LogP contribution in [-0.2, 0) is 6.42 Å². The fourth-order valence-electron chi connectivity index (χ4n) is 1.38. The van der Waals surface area contributed by atoms with Gasteiger partial charge in [-0.15, -0.1) is 0 Å². The van der Waals surface area contributed by atoms with Gasteiger partial charge in [-0.2, -0.15) is 0 Å². The fraction of sp³-hybridized carbons (Fsp3) is 0.200. The van der Waals surface area contributed by atoms with Crippen molar-refractivity contribution in [3.05, 3.63) is 39.4 Å². The zero-order valence-corrected chi connectivity index (χ0v) is 8.43. The van der Waals surface area contributed by atoms with Crippen molar-refractivity contribution in [1.29, 1.82) is 0 Å². The summed E-state index contributed by atoms with van der Waals surface area (Å²) in [4.78, 5) is 18.2. The third kappa shape index (κ3) is 1.51. The van der Waals surface area contributed by atoms with E-state index >= 15 is 0 Å². The average molecular weight is 209 g/mol. The van der Waals surface area contributed by atoms with E-state index in [2.05, 4.69) is 9.97 Å². The standard InChI is InChI=1S/C10H9ClN2O/c1-2-6-3-7-5-12-9(11)4-8(7)13-10(6)14/h3-5H,2H2,1H3,(H,13,14). The van der Waals surface area contributed by atoms with Gasteiger partial charge >= 0.3 is 0 Å². The van der Waals surface area contributed by atoms with Gasteiger partial charge in [-0.1, -0.05) is 18.5 Å². The van der Waals surface area contributed by atoms with E-state index in [1.54, 1.807) is 12.3 Å². The molecule has 0 saturated carbocycles. The molecule has 2 rings (SSSR count). The number of hydrogen-bond acceptors (Lipinski definition) is 2. The van der Waals surface area contributed by atoms with Gasteiger partial charge in [0.1, 0.15) is 5.15 Å². The van der Waals surface area contributed by atoms with Gasteiger partial charge in [-0.25, -0.2) is 4.98 Å². The summed E-state index contributed by atoms with van der Waals surface area (Å²) in [5, 5.41) is 1.29. The Morgan fingerprint density at radius 2 is 2.29 bits per heavy atom. The van der Waals surface area contributed by atoms with Crippen LogP contribution in [0.2, 0.25) is 5.15 Å². The Labute approximate surface area is 85.7 Å². The Bertz CT molecular complexity index is 533. The van der Waals surface area contributed by atoms with Crippen molar-refractivity contribution in [3.63, 3.8) is 0 Å². The normalized spacial score (nSPS) is 10.7. The molecule has 0 bridgehead atoms. The molecule has 0 atom stereocenters. The lowest BCUT2D eigenvalue weighted by atomic mass is 10.1. The molecule has 3 nitrogen and oxygen atoms in total. The van der Waals surface area contributed by atoms with Gasteiger partial charge in [-0.3, -0.25) is 4.79 Å². The van der Waals surface area contributed by atoms with Gasteiger partial charge in [0.15, 0.2) is 0 Å². The maximum absolute atomic E-state index is 11.5. The first-order chi connectivity index (χ1) is 6.70. The van der Waals surface area contributed by atoms with Crippen LogP contribution in [0.1, 0.15) is 12.5 Å². The van der Waals surface area contributed by atoms with E-state index in [4.69, 9.17) is 11.6 Å². The van der Waals surface area contributed by atoms with E-state index in [1.807, 2.05) is 13.0 Å². The maximum atomic E-state index is 11.5. The lowest BCUT2D eigenvalue weighted by molar-refractivity contribution is 1.08. The molecule has 2 aromatic rings. The molecule has 2 heterocycles. The molecule has 0 aliphatic heterocycles. The van der Waals surface area contributed by atoms with Crippen LogP contribution in [0.5, 0.6) is 0 Å². The summed E-state index contributed by atoms with van der Waals surface area (Å²) in [5.41, 5.74) is 1.44. The highest BCUT2D eigenvalue weighted by molar-refractivity contribution is 6.29. The van der Waals surface area contributed by atoms with Gasteiger partial charge in [0.2, 0.25) is 0 Å². The lowest BCUT2D eigenvalue weighted by Crippen LogP contribution is -2.11. The van der Waals surface area contributed by atoms with Crippen molar-refractivity contribution < 1.29 is 0 Å². The van der Waals surface area contributed by atoms with E-state index in [1.165, 1.54) is 0 Å². The summed E-state index contributed by atoms with van der Waals surface area (Å²) in [6.07, 6.45) is 2.38. The largest absolute Gasteiger partial charge is 0.322 e. The molecule has 0 aromatic carbocycles. The second-order valence-corrected chi connectivity index (χ2v) is 3.46. The van der Waals surface area contributed by atoms with Crippen LogP contribution in [0, 0.1) is 0 Å². The van der Waals surface area contributed by atoms with Crippen LogP contribution < -0.4 is 5.56 Å². The summed E-state index contributed by atoms with van der Waals surface area (Å²) in [5.74, 6) is 0. The smallest absolute Gasteiger partial charge is 0.251 e. The molecule has 14 heavy (non-hydrogen) atoms. The number of pyridine rings is 2. The van der Waals surface area contributed by atoms with Crippen LogP contribution in [0.4, 0.5) is 0 Å². The van der Waals surface area contributed by atoms with Crippen LogP contribution in [0.25, 0.3) is 10.9 Å². The van der Waals surface area contributed by atoms with E-state index in [-0.39, 0.29) is 5.56 Å². The number of aromatic amines is 1. The van der Waals surface area contributed by atoms with E-state index in [9.17, 15) is 4.79 Å². The van der Waals surface area contributed by atoms with Crippen molar-refractivity contribution in [3.8, 4) is 0 Å². The zero-order chi connectivity index (χ0) is 10.1. The minimum Gasteiger partial charge on any atom is -0.322 e. The highest BCUT2D eigenvalue weighted by Gasteiger charge is 2.01. The SMILES string of the molecule is CCc1cc2cnc(Cl)cc2[nH]c1=O. The summed E-state index contributed by atoms with van der Waals surface area (Å²) < 4.78 is 0. The summed E-state index contributed by atoms with van der Waals surface area (Å²) in [7, 11) is 0. The second-order valence-electron chi connectivity index (χ2n) is 3.07. The Balaban J connectivity index is 2.79. The predicted molar refractivity (Wildman–Crippen MR) is 56.8 cm³/mol. The Kier molecular flexibility index (Phi) is 2.25. The number of rotatable bonds is 1. The zero-order valence-electron chi connectivity index (χ0n) is 7.67. The molecular weight excluding hydrogens is 200 g/mol. The van der Waals surface area contributed by atoms with Crippen LogP contribution in [0.15, 0.2) is 23.1 Å². The molecule has 72 valence electrons. The molecule has 4 heteroatoms. The number of nitrogens with zero attached hydrogens (tertiary/aromatic N) is 1. The number of hydrogen-bond donors (Lipinski definition) is 1. The third-order valence-electron chi connectivity index (χ3n) is 2.15. The first kappa shape index (κ1) is 9.21. The topological polar surface area (TPSA) is 45.8 Å². The number of H-pyrrole nitrogens is 1. The molecule has 0 radical (unpaired) electrons. The van der Waals surface area contributed by atoms with Gasteiger partial charge in [0.05, 0.1) is 5.52 Å². The van der Waals surface area contributed by atoms with Gasteiger partial charge < -0.3 is 4.98 Å². The number of fused-ring (bicyclic) bond motifs is 1. The molecule has 0 unspecified atom stereocenters. The molecular formula is C10H9ClN2O. The molecule has 1 N–H and O–H groups in total. The second kappa shape index (κ2) is 3.42. The minimum absolute atomic E-state index is 0.0535. The lowest BCUT2D eigenvalue weighted by Gasteiger charge is -2.00. The molecule has 0 saturated heterocycles. The van der Waals surface area contributed by atoms with E-state index in [0.717, 1.165) is 16.5 Å². The molecule has 0 aliphatic rings. The molecule has 0 aliphatic carbocycles. The Morgan fingerprint density at radius 3 is 3.00 bits per heavy atom. The monoisotopic (exact) mass is 208 g/mol. The van der Waals surface area contributed by atoms with Crippen LogP contribution >= 0.6 is 11.6 Å². The van der Waals surface area contributed by atoms with Crippen LogP contribution in [-0.4, -0.2) is 9.97 Å². The minimum atomic E-state index is -0.0535. The summed E-state index contributed by atoms with van der Waals surface area (Å²) in [6.45, 7) is 1.94. The van der Waals surface area contributed by atoms with Gasteiger partial charge in [0.25, 0.3) is 5.56 Å². The number of nitrogens with one attached hydrogen (secondary N) is 1. The first-order valence-electron chi connectivity index (χ1n) is 4.38. The van der Waals surface area contributed by atoms with Crippen molar-refractivity contribution in [2.45, 2.75) is 13.3 Å². The molecule has 0 fully saturated rings. The number of aromatic nitrogens is 2. The molecule has 0 spiro atoms.